The van der Waals surface area contributed by atoms with E-state index in [1.165, 1.54) is 0 Å². The molecule has 158 valence electrons. The fraction of sp³-hybridized carbons (Fsp3) is 0.200. The van der Waals surface area contributed by atoms with Crippen molar-refractivity contribution in [2.24, 2.45) is 0 Å². The van der Waals surface area contributed by atoms with Gasteiger partial charge in [-0.25, -0.2) is 4.98 Å². The van der Waals surface area contributed by atoms with Crippen molar-refractivity contribution in [1.82, 2.24) is 9.88 Å². The van der Waals surface area contributed by atoms with E-state index >= 15 is 0 Å². The van der Waals surface area contributed by atoms with Crippen LogP contribution in [0.2, 0.25) is 0 Å². The van der Waals surface area contributed by atoms with Crippen LogP contribution in [0.1, 0.15) is 29.1 Å². The number of pyridine rings is 1. The lowest BCUT2D eigenvalue weighted by Crippen LogP contribution is -2.29. The van der Waals surface area contributed by atoms with Crippen molar-refractivity contribution in [3.05, 3.63) is 78.3 Å². The van der Waals surface area contributed by atoms with Crippen molar-refractivity contribution < 1.29 is 18.7 Å². The summed E-state index contributed by atoms with van der Waals surface area (Å²) in [6.45, 7) is 1.94. The third-order valence-electron chi connectivity index (χ3n) is 5.48. The van der Waals surface area contributed by atoms with Crippen LogP contribution in [0.15, 0.2) is 71.3 Å². The Labute approximate surface area is 181 Å². The van der Waals surface area contributed by atoms with E-state index in [-0.39, 0.29) is 11.9 Å². The smallest absolute Gasteiger partial charge is 0.254 e. The van der Waals surface area contributed by atoms with Crippen LogP contribution in [0.25, 0.3) is 22.2 Å². The number of aromatic nitrogens is 1. The number of benzene rings is 2. The minimum absolute atomic E-state index is 0.107. The first-order chi connectivity index (χ1) is 15.0. The van der Waals surface area contributed by atoms with Crippen LogP contribution in [0.5, 0.6) is 11.5 Å². The molecule has 1 amide bonds. The van der Waals surface area contributed by atoms with Crippen molar-refractivity contribution in [1.29, 1.82) is 0 Å². The van der Waals surface area contributed by atoms with Crippen molar-refractivity contribution in [2.75, 3.05) is 21.3 Å². The number of amides is 1. The van der Waals surface area contributed by atoms with Gasteiger partial charge in [-0.1, -0.05) is 18.2 Å². The van der Waals surface area contributed by atoms with Gasteiger partial charge in [-0.3, -0.25) is 4.79 Å². The van der Waals surface area contributed by atoms with Crippen LogP contribution in [0, 0.1) is 0 Å². The standard InChI is InChI=1S/C25H24N2O4/c1-16(22-10-7-13-31-22)27(2)25(28)19-15-21(26-20-9-6-5-8-18(19)20)17-11-12-23(29-3)24(14-17)30-4/h5-16H,1-4H3. The fourth-order valence-corrected chi connectivity index (χ4v) is 3.58. The first-order valence-corrected chi connectivity index (χ1v) is 9.96. The zero-order valence-corrected chi connectivity index (χ0v) is 18.0. The predicted octanol–water partition coefficient (Wildman–Crippen LogP) is 5.35. The largest absolute Gasteiger partial charge is 0.493 e. The second kappa shape index (κ2) is 8.52. The lowest BCUT2D eigenvalue weighted by molar-refractivity contribution is 0.0728. The third kappa shape index (κ3) is 3.84. The molecule has 0 spiro atoms. The number of methoxy groups -OCH3 is 2. The van der Waals surface area contributed by atoms with Gasteiger partial charge in [0.1, 0.15) is 5.76 Å². The number of furan rings is 1. The van der Waals surface area contributed by atoms with E-state index in [1.54, 1.807) is 32.4 Å². The van der Waals surface area contributed by atoms with Crippen LogP contribution >= 0.6 is 0 Å². The van der Waals surface area contributed by atoms with Crippen LogP contribution in [-0.4, -0.2) is 37.1 Å². The summed E-state index contributed by atoms with van der Waals surface area (Å²) >= 11 is 0. The molecule has 4 rings (SSSR count). The highest BCUT2D eigenvalue weighted by molar-refractivity contribution is 6.07. The van der Waals surface area contributed by atoms with Crippen LogP contribution < -0.4 is 9.47 Å². The molecule has 4 aromatic rings. The average molecular weight is 416 g/mol. The number of fused-ring (bicyclic) bond motifs is 1. The Morgan fingerprint density at radius 2 is 1.77 bits per heavy atom. The molecule has 0 aliphatic carbocycles. The number of hydrogen-bond donors (Lipinski definition) is 0. The summed E-state index contributed by atoms with van der Waals surface area (Å²) in [5.74, 6) is 1.86. The van der Waals surface area contributed by atoms with Crippen LogP contribution in [-0.2, 0) is 0 Å². The highest BCUT2D eigenvalue weighted by Gasteiger charge is 2.23. The molecule has 0 N–H and O–H groups in total. The minimum Gasteiger partial charge on any atom is -0.493 e. The quantitative estimate of drug-likeness (QED) is 0.424. The molecular formula is C25H24N2O4. The van der Waals surface area contributed by atoms with Crippen LogP contribution in [0.4, 0.5) is 0 Å². The predicted molar refractivity (Wildman–Crippen MR) is 119 cm³/mol. The van der Waals surface area contributed by atoms with Gasteiger partial charge in [0, 0.05) is 18.0 Å². The molecular weight excluding hydrogens is 392 g/mol. The monoisotopic (exact) mass is 416 g/mol. The minimum atomic E-state index is -0.209. The van der Waals surface area contributed by atoms with Crippen LogP contribution in [0.3, 0.4) is 0 Å². The first-order valence-electron chi connectivity index (χ1n) is 9.96. The maximum absolute atomic E-state index is 13.5. The number of carbonyl (C=O) groups excluding carboxylic acids is 1. The molecule has 2 aromatic heterocycles. The van der Waals surface area contributed by atoms with Gasteiger partial charge in [-0.15, -0.1) is 0 Å². The van der Waals surface area contributed by atoms with E-state index in [9.17, 15) is 4.79 Å². The number of rotatable bonds is 6. The van der Waals surface area contributed by atoms with E-state index in [1.807, 2.05) is 67.6 Å². The van der Waals surface area contributed by atoms with E-state index in [4.69, 9.17) is 18.9 Å². The fourth-order valence-electron chi connectivity index (χ4n) is 3.58. The molecule has 0 fully saturated rings. The van der Waals surface area contributed by atoms with Crippen molar-refractivity contribution in [3.8, 4) is 22.8 Å². The molecule has 0 aliphatic heterocycles. The highest BCUT2D eigenvalue weighted by atomic mass is 16.5. The molecule has 0 aliphatic rings. The van der Waals surface area contributed by atoms with E-state index in [2.05, 4.69) is 0 Å². The van der Waals surface area contributed by atoms with Crippen molar-refractivity contribution in [2.45, 2.75) is 13.0 Å². The zero-order chi connectivity index (χ0) is 22.0. The normalized spacial score (nSPS) is 11.9. The molecule has 6 nitrogen and oxygen atoms in total. The molecule has 6 heteroatoms. The van der Waals surface area contributed by atoms with Gasteiger partial charge in [0.05, 0.1) is 43.3 Å². The number of hydrogen-bond acceptors (Lipinski definition) is 5. The summed E-state index contributed by atoms with van der Waals surface area (Å²) in [5, 5.41) is 0.801. The summed E-state index contributed by atoms with van der Waals surface area (Å²) < 4.78 is 16.3. The molecule has 0 radical (unpaired) electrons. The van der Waals surface area contributed by atoms with Gasteiger partial charge in [0.2, 0.25) is 0 Å². The lowest BCUT2D eigenvalue weighted by atomic mass is 10.0. The molecule has 2 aromatic carbocycles. The van der Waals surface area contributed by atoms with Crippen molar-refractivity contribution >= 4 is 16.8 Å². The Hall–Kier alpha value is -3.80. The molecule has 1 atom stereocenters. The van der Waals surface area contributed by atoms with Gasteiger partial charge in [-0.05, 0) is 49.4 Å². The second-order valence-corrected chi connectivity index (χ2v) is 7.25. The van der Waals surface area contributed by atoms with Gasteiger partial charge in [0.15, 0.2) is 11.5 Å². The summed E-state index contributed by atoms with van der Waals surface area (Å²) in [6.07, 6.45) is 1.61. The maximum atomic E-state index is 13.5. The Morgan fingerprint density at radius 3 is 2.48 bits per heavy atom. The molecule has 1 unspecified atom stereocenters. The average Bonchev–Trinajstić information content (AvgIpc) is 3.36. The van der Waals surface area contributed by atoms with Gasteiger partial charge >= 0.3 is 0 Å². The summed E-state index contributed by atoms with van der Waals surface area (Å²) in [7, 11) is 4.97. The summed E-state index contributed by atoms with van der Waals surface area (Å²) in [6, 6.07) is 18.6. The topological polar surface area (TPSA) is 64.8 Å². The number of ether oxygens (including phenoxy) is 2. The van der Waals surface area contributed by atoms with Gasteiger partial charge < -0.3 is 18.8 Å². The van der Waals surface area contributed by atoms with Crippen molar-refractivity contribution in [3.63, 3.8) is 0 Å². The van der Waals surface area contributed by atoms with E-state index < -0.39 is 0 Å². The van der Waals surface area contributed by atoms with Gasteiger partial charge in [0.25, 0.3) is 5.91 Å². The van der Waals surface area contributed by atoms with E-state index in [0.717, 1.165) is 22.2 Å². The zero-order valence-electron chi connectivity index (χ0n) is 18.0. The lowest BCUT2D eigenvalue weighted by Gasteiger charge is -2.24. The Kier molecular flexibility index (Phi) is 5.62. The van der Waals surface area contributed by atoms with Gasteiger partial charge in [-0.2, -0.15) is 0 Å². The van der Waals surface area contributed by atoms with E-state index in [0.29, 0.717) is 22.8 Å². The molecule has 2 heterocycles. The maximum Gasteiger partial charge on any atom is 0.254 e. The molecule has 0 bridgehead atoms. The Bertz CT molecular complexity index is 1220. The number of para-hydroxylation sites is 1. The summed E-state index contributed by atoms with van der Waals surface area (Å²) in [5.41, 5.74) is 2.84. The molecule has 31 heavy (non-hydrogen) atoms. The molecule has 0 saturated heterocycles. The summed E-state index contributed by atoms with van der Waals surface area (Å²) in [4.78, 5) is 20.0. The Morgan fingerprint density at radius 1 is 1.00 bits per heavy atom. The SMILES string of the molecule is COc1ccc(-c2cc(C(=O)N(C)C(C)c3ccco3)c3ccccc3n2)cc1OC. The Balaban J connectivity index is 1.81. The highest BCUT2D eigenvalue weighted by Crippen LogP contribution is 2.33. The third-order valence-corrected chi connectivity index (χ3v) is 5.48. The molecule has 0 saturated carbocycles. The number of nitrogens with zero attached hydrogens (tertiary/aromatic N) is 2. The first kappa shape index (κ1) is 20.5. The second-order valence-electron chi connectivity index (χ2n) is 7.25. The number of carbonyl (C=O) groups is 1.